The molecule has 0 bridgehead atoms. The predicted octanol–water partition coefficient (Wildman–Crippen LogP) is 1.12. The molecule has 0 fully saturated rings. The molecule has 0 aliphatic carbocycles. The summed E-state index contributed by atoms with van der Waals surface area (Å²) < 4.78 is 6.68. The van der Waals surface area contributed by atoms with Gasteiger partial charge in [0.25, 0.3) is 0 Å². The number of carbonyl (C=O) groups excluding carboxylic acids is 1. The number of aromatic carboxylic acids is 1. The van der Waals surface area contributed by atoms with Crippen molar-refractivity contribution >= 4 is 17.9 Å². The lowest BCUT2D eigenvalue weighted by Crippen LogP contribution is -2.41. The van der Waals surface area contributed by atoms with E-state index in [0.29, 0.717) is 19.5 Å². The predicted molar refractivity (Wildman–Crippen MR) is 65.2 cm³/mol. The smallest absolute Gasteiger partial charge is 0.416 e. The summed E-state index contributed by atoms with van der Waals surface area (Å²) in [5.74, 6) is -1.02. The first-order chi connectivity index (χ1) is 8.79. The van der Waals surface area contributed by atoms with E-state index in [2.05, 4.69) is 10.3 Å². The number of carbonyl (C=O) groups is 2. The fraction of sp³-hybridized carbons (Fsp3) is 0.636. The summed E-state index contributed by atoms with van der Waals surface area (Å²) >= 11 is 0. The van der Waals surface area contributed by atoms with Crippen LogP contribution in [0.4, 0.5) is 10.6 Å². The van der Waals surface area contributed by atoms with Gasteiger partial charge in [0.05, 0.1) is 0 Å². The third-order valence-corrected chi connectivity index (χ3v) is 2.53. The summed E-state index contributed by atoms with van der Waals surface area (Å²) in [5, 5.41) is 16.4. The summed E-state index contributed by atoms with van der Waals surface area (Å²) in [6, 6.07) is 0. The highest BCUT2D eigenvalue weighted by atomic mass is 16.6. The van der Waals surface area contributed by atoms with E-state index < -0.39 is 17.7 Å². The van der Waals surface area contributed by atoms with Crippen molar-refractivity contribution in [2.24, 2.45) is 0 Å². The molecule has 8 heteroatoms. The molecule has 0 saturated carbocycles. The Hall–Kier alpha value is -2.12. The van der Waals surface area contributed by atoms with Crippen molar-refractivity contribution in [3.05, 3.63) is 5.69 Å². The Morgan fingerprint density at radius 3 is 2.58 bits per heavy atom. The number of nitrogens with zero attached hydrogens (tertiary/aromatic N) is 4. The Labute approximate surface area is 109 Å². The SMILES string of the molecule is CC(C)(C)OC(=O)N1CCCn2nnc(C(=O)O)c21. The Bertz CT molecular complexity index is 517. The van der Waals surface area contributed by atoms with E-state index in [0.717, 1.165) is 0 Å². The lowest BCUT2D eigenvalue weighted by atomic mass is 10.2. The molecule has 1 aromatic rings. The number of aromatic nitrogens is 3. The normalized spacial score (nSPS) is 15.0. The lowest BCUT2D eigenvalue weighted by molar-refractivity contribution is 0.0572. The molecule has 0 saturated heterocycles. The number of carboxylic acids is 1. The van der Waals surface area contributed by atoms with Gasteiger partial charge in [-0.15, -0.1) is 5.10 Å². The van der Waals surface area contributed by atoms with E-state index in [1.807, 2.05) is 0 Å². The minimum atomic E-state index is -1.21. The molecule has 1 aliphatic heterocycles. The molecule has 19 heavy (non-hydrogen) atoms. The maximum absolute atomic E-state index is 12.1. The van der Waals surface area contributed by atoms with Gasteiger partial charge >= 0.3 is 12.1 Å². The van der Waals surface area contributed by atoms with Gasteiger partial charge in [0, 0.05) is 13.1 Å². The van der Waals surface area contributed by atoms with Crippen molar-refractivity contribution < 1.29 is 19.4 Å². The second-order valence-electron chi connectivity index (χ2n) is 5.28. The zero-order valence-corrected chi connectivity index (χ0v) is 11.1. The third-order valence-electron chi connectivity index (χ3n) is 2.53. The van der Waals surface area contributed by atoms with Crippen LogP contribution in [0.1, 0.15) is 37.7 Å². The van der Waals surface area contributed by atoms with Gasteiger partial charge in [-0.05, 0) is 27.2 Å². The first-order valence-corrected chi connectivity index (χ1v) is 5.97. The van der Waals surface area contributed by atoms with E-state index in [9.17, 15) is 9.59 Å². The van der Waals surface area contributed by atoms with Gasteiger partial charge in [-0.1, -0.05) is 5.21 Å². The monoisotopic (exact) mass is 268 g/mol. The van der Waals surface area contributed by atoms with Crippen LogP contribution < -0.4 is 4.90 Å². The van der Waals surface area contributed by atoms with Gasteiger partial charge in [0.2, 0.25) is 5.69 Å². The van der Waals surface area contributed by atoms with Crippen LogP contribution in [0.25, 0.3) is 0 Å². The van der Waals surface area contributed by atoms with Crippen LogP contribution >= 0.6 is 0 Å². The number of carboxylic acid groups (broad SMARTS) is 1. The molecule has 1 N–H and O–H groups in total. The highest BCUT2D eigenvalue weighted by Crippen LogP contribution is 2.25. The zero-order valence-electron chi connectivity index (χ0n) is 11.1. The van der Waals surface area contributed by atoms with Crippen LogP contribution in [0.2, 0.25) is 0 Å². The number of rotatable bonds is 1. The molecule has 0 spiro atoms. The molecule has 0 atom stereocenters. The average molecular weight is 268 g/mol. The van der Waals surface area contributed by atoms with Crippen LogP contribution in [0.15, 0.2) is 0 Å². The number of fused-ring (bicyclic) bond motifs is 1. The summed E-state index contributed by atoms with van der Waals surface area (Å²) in [6.45, 7) is 6.19. The van der Waals surface area contributed by atoms with Gasteiger partial charge < -0.3 is 9.84 Å². The molecule has 2 rings (SSSR count). The number of hydrogen-bond donors (Lipinski definition) is 1. The Morgan fingerprint density at radius 1 is 1.32 bits per heavy atom. The second kappa shape index (κ2) is 4.52. The molecule has 2 heterocycles. The molecule has 8 nitrogen and oxygen atoms in total. The fourth-order valence-electron chi connectivity index (χ4n) is 1.84. The molecule has 1 aromatic heterocycles. The highest BCUT2D eigenvalue weighted by molar-refractivity contribution is 5.97. The molecule has 0 radical (unpaired) electrons. The Kier molecular flexibility index (Phi) is 3.17. The number of anilines is 1. The van der Waals surface area contributed by atoms with E-state index in [4.69, 9.17) is 9.84 Å². The summed E-state index contributed by atoms with van der Waals surface area (Å²) in [6.07, 6.45) is 0.0903. The minimum Gasteiger partial charge on any atom is -0.476 e. The van der Waals surface area contributed by atoms with Gasteiger partial charge in [-0.2, -0.15) is 0 Å². The molecule has 0 aromatic carbocycles. The van der Waals surface area contributed by atoms with Crippen molar-refractivity contribution in [3.8, 4) is 0 Å². The van der Waals surface area contributed by atoms with Gasteiger partial charge in [0.1, 0.15) is 5.60 Å². The number of amides is 1. The molecule has 0 unspecified atom stereocenters. The maximum Gasteiger partial charge on any atom is 0.416 e. The van der Waals surface area contributed by atoms with E-state index in [1.54, 1.807) is 20.8 Å². The van der Waals surface area contributed by atoms with Crippen molar-refractivity contribution in [1.82, 2.24) is 15.0 Å². The lowest BCUT2D eigenvalue weighted by Gasteiger charge is -2.30. The van der Waals surface area contributed by atoms with Crippen molar-refractivity contribution in [2.45, 2.75) is 39.3 Å². The molecular weight excluding hydrogens is 252 g/mol. The minimum absolute atomic E-state index is 0.188. The average Bonchev–Trinajstić information content (AvgIpc) is 2.69. The number of hydrogen-bond acceptors (Lipinski definition) is 5. The Balaban J connectivity index is 2.33. The van der Waals surface area contributed by atoms with Crippen LogP contribution in [-0.4, -0.2) is 44.3 Å². The van der Waals surface area contributed by atoms with Crippen molar-refractivity contribution in [1.29, 1.82) is 0 Å². The van der Waals surface area contributed by atoms with E-state index in [1.165, 1.54) is 9.58 Å². The molecule has 1 aliphatic rings. The van der Waals surface area contributed by atoms with Crippen LogP contribution in [0.5, 0.6) is 0 Å². The van der Waals surface area contributed by atoms with Crippen molar-refractivity contribution in [2.75, 3.05) is 11.4 Å². The van der Waals surface area contributed by atoms with E-state index in [-0.39, 0.29) is 11.5 Å². The summed E-state index contributed by atoms with van der Waals surface area (Å²) in [4.78, 5) is 24.5. The third kappa shape index (κ3) is 2.67. The van der Waals surface area contributed by atoms with Crippen molar-refractivity contribution in [3.63, 3.8) is 0 Å². The Morgan fingerprint density at radius 2 is 2.00 bits per heavy atom. The quantitative estimate of drug-likeness (QED) is 0.819. The first kappa shape index (κ1) is 13.3. The van der Waals surface area contributed by atoms with Crippen LogP contribution in [0, 0.1) is 0 Å². The maximum atomic E-state index is 12.1. The van der Waals surface area contributed by atoms with Gasteiger partial charge in [-0.25, -0.2) is 14.3 Å². The second-order valence-corrected chi connectivity index (χ2v) is 5.28. The zero-order chi connectivity index (χ0) is 14.2. The topological polar surface area (TPSA) is 97.5 Å². The van der Waals surface area contributed by atoms with Gasteiger partial charge in [-0.3, -0.25) is 4.90 Å². The van der Waals surface area contributed by atoms with Crippen LogP contribution in [-0.2, 0) is 11.3 Å². The summed E-state index contributed by atoms with van der Waals surface area (Å²) in [5.41, 5.74) is -0.874. The standard InChI is InChI=1S/C11H16N4O4/c1-11(2,3)19-10(18)14-5-4-6-15-8(14)7(9(16)17)12-13-15/h4-6H2,1-3H3,(H,16,17). The first-order valence-electron chi connectivity index (χ1n) is 5.97. The molecule has 104 valence electrons. The number of aryl methyl sites for hydroxylation is 1. The fourth-order valence-corrected chi connectivity index (χ4v) is 1.84. The van der Waals surface area contributed by atoms with E-state index >= 15 is 0 Å². The molecular formula is C11H16N4O4. The highest BCUT2D eigenvalue weighted by Gasteiger charge is 2.33. The van der Waals surface area contributed by atoms with Crippen LogP contribution in [0.3, 0.4) is 0 Å². The van der Waals surface area contributed by atoms with Gasteiger partial charge in [0.15, 0.2) is 5.82 Å². The number of ether oxygens (including phenoxy) is 1. The summed E-state index contributed by atoms with van der Waals surface area (Å²) in [7, 11) is 0. The largest absolute Gasteiger partial charge is 0.476 e. The molecule has 1 amide bonds.